The van der Waals surface area contributed by atoms with E-state index in [2.05, 4.69) is 9.61 Å². The Morgan fingerprint density at radius 3 is 2.00 bits per heavy atom. The minimum absolute atomic E-state index is 0.478. The van der Waals surface area contributed by atoms with Crippen molar-refractivity contribution >= 4 is 12.6 Å². The van der Waals surface area contributed by atoms with E-state index in [-0.39, 0.29) is 0 Å². The van der Waals surface area contributed by atoms with Crippen molar-refractivity contribution < 1.29 is 24.9 Å². The van der Waals surface area contributed by atoms with Gasteiger partial charge < -0.3 is 4.74 Å². The van der Waals surface area contributed by atoms with E-state index >= 15 is 0 Å². The van der Waals surface area contributed by atoms with Gasteiger partial charge in [0.15, 0.2) is 0 Å². The van der Waals surface area contributed by atoms with Gasteiger partial charge in [0.25, 0.3) is 0 Å². The van der Waals surface area contributed by atoms with Crippen LogP contribution in [-0.4, -0.2) is 24.7 Å². The molecule has 1 rings (SSSR count). The Balaban J connectivity index is 2.78. The highest BCUT2D eigenvalue weighted by Gasteiger charge is 2.21. The third-order valence-corrected chi connectivity index (χ3v) is 1.58. The molecule has 0 saturated heterocycles. The van der Waals surface area contributed by atoms with Crippen LogP contribution in [-0.2, 0) is 9.61 Å². The first-order valence-corrected chi connectivity index (χ1v) is 3.56. The smallest absolute Gasteiger partial charge is 0.497 e. The van der Waals surface area contributed by atoms with E-state index in [9.17, 15) is 0 Å². The largest absolute Gasteiger partial charge is 0.554 e. The molecule has 0 atom stereocenters. The normalized spacial score (nSPS) is 9.77. The van der Waals surface area contributed by atoms with Gasteiger partial charge in [0.05, 0.1) is 7.11 Å². The second-order valence-corrected chi connectivity index (χ2v) is 2.32. The molecule has 0 heterocycles. The van der Waals surface area contributed by atoms with Gasteiger partial charge in [-0.15, -0.1) is 0 Å². The van der Waals surface area contributed by atoms with Crippen molar-refractivity contribution in [3.05, 3.63) is 24.3 Å². The molecule has 5 nitrogen and oxygen atoms in total. The summed E-state index contributed by atoms with van der Waals surface area (Å²) in [7, 11) is 0.350. The molecule has 0 unspecified atom stereocenters. The number of hydrogen-bond acceptors (Lipinski definition) is 5. The maximum atomic E-state index is 8.29. The van der Waals surface area contributed by atoms with Crippen molar-refractivity contribution in [2.45, 2.75) is 0 Å². The SMILES string of the molecule is COc1ccc(B(OO)OO)cc1. The number of hydrogen-bond donors (Lipinski definition) is 2. The molecule has 1 aromatic carbocycles. The predicted octanol–water partition coefficient (Wildman–Crippen LogP) is 0.370. The topological polar surface area (TPSA) is 68.2 Å². The molecule has 0 amide bonds. The molecule has 6 heteroatoms. The van der Waals surface area contributed by atoms with Crippen molar-refractivity contribution in [1.29, 1.82) is 0 Å². The Bertz CT molecular complexity index is 246. The van der Waals surface area contributed by atoms with Gasteiger partial charge in [-0.25, -0.2) is 0 Å². The Labute approximate surface area is 75.5 Å². The zero-order chi connectivity index (χ0) is 9.68. The lowest BCUT2D eigenvalue weighted by Crippen LogP contribution is -2.34. The Morgan fingerprint density at radius 1 is 1.08 bits per heavy atom. The van der Waals surface area contributed by atoms with Gasteiger partial charge in [0.1, 0.15) is 5.75 Å². The standard InChI is InChI=1S/C7H9BO5/c1-11-7-4-2-6(3-5-7)8(12-9)13-10/h2-5,9-10H,1H3. The van der Waals surface area contributed by atoms with Crippen molar-refractivity contribution in [3.8, 4) is 5.75 Å². The van der Waals surface area contributed by atoms with Gasteiger partial charge in [0, 0.05) is 0 Å². The Kier molecular flexibility index (Phi) is 3.72. The van der Waals surface area contributed by atoms with Crippen molar-refractivity contribution in [2.75, 3.05) is 7.11 Å². The molecule has 0 aliphatic heterocycles. The van der Waals surface area contributed by atoms with E-state index in [4.69, 9.17) is 15.3 Å². The van der Waals surface area contributed by atoms with E-state index < -0.39 is 7.12 Å². The fourth-order valence-electron chi connectivity index (χ4n) is 0.902. The summed E-state index contributed by atoms with van der Waals surface area (Å²) in [5, 5.41) is 16.6. The quantitative estimate of drug-likeness (QED) is 0.401. The van der Waals surface area contributed by atoms with E-state index in [1.54, 1.807) is 24.3 Å². The predicted molar refractivity (Wildman–Crippen MR) is 45.8 cm³/mol. The lowest BCUT2D eigenvalue weighted by molar-refractivity contribution is -0.221. The average molecular weight is 184 g/mol. The van der Waals surface area contributed by atoms with Crippen molar-refractivity contribution in [1.82, 2.24) is 0 Å². The fraction of sp³-hybridized carbons (Fsp3) is 0.143. The number of methoxy groups -OCH3 is 1. The molecule has 0 bridgehead atoms. The van der Waals surface area contributed by atoms with Gasteiger partial charge in [-0.2, -0.15) is 0 Å². The van der Waals surface area contributed by atoms with Gasteiger partial charge in [-0.05, 0) is 17.6 Å². The second-order valence-electron chi connectivity index (χ2n) is 2.32. The first-order valence-electron chi connectivity index (χ1n) is 3.56. The van der Waals surface area contributed by atoms with E-state index in [1.165, 1.54) is 7.11 Å². The summed E-state index contributed by atoms with van der Waals surface area (Å²) < 4.78 is 4.91. The van der Waals surface area contributed by atoms with Gasteiger partial charge >= 0.3 is 7.12 Å². The first kappa shape index (κ1) is 10.0. The van der Waals surface area contributed by atoms with Crippen LogP contribution in [0.5, 0.6) is 5.75 Å². The lowest BCUT2D eigenvalue weighted by Gasteiger charge is -2.05. The lowest BCUT2D eigenvalue weighted by atomic mass is 9.80. The Hall–Kier alpha value is -1.08. The number of benzene rings is 1. The summed E-state index contributed by atoms with van der Waals surface area (Å²) in [5.41, 5.74) is 0.478. The molecular weight excluding hydrogens is 175 g/mol. The summed E-state index contributed by atoms with van der Waals surface area (Å²) in [6.45, 7) is 0. The molecule has 1 aromatic rings. The molecule has 13 heavy (non-hydrogen) atoms. The minimum atomic E-state index is -1.19. The minimum Gasteiger partial charge on any atom is -0.497 e. The maximum Gasteiger partial charge on any atom is 0.554 e. The van der Waals surface area contributed by atoms with Crippen molar-refractivity contribution in [3.63, 3.8) is 0 Å². The van der Waals surface area contributed by atoms with Crippen LogP contribution in [0.2, 0.25) is 0 Å². The molecule has 0 spiro atoms. The molecule has 0 aromatic heterocycles. The molecular formula is C7H9BO5. The number of rotatable bonds is 4. The highest BCUT2D eigenvalue weighted by molar-refractivity contribution is 6.60. The first-order chi connectivity index (χ1) is 6.31. The van der Waals surface area contributed by atoms with Gasteiger partial charge in [0.2, 0.25) is 0 Å². The molecule has 2 N–H and O–H groups in total. The second kappa shape index (κ2) is 4.83. The summed E-state index contributed by atoms with van der Waals surface area (Å²) in [4.78, 5) is 7.69. The average Bonchev–Trinajstić information content (AvgIpc) is 2.21. The third-order valence-electron chi connectivity index (χ3n) is 1.58. The Morgan fingerprint density at radius 2 is 1.62 bits per heavy atom. The highest BCUT2D eigenvalue weighted by atomic mass is 17.2. The highest BCUT2D eigenvalue weighted by Crippen LogP contribution is 2.06. The van der Waals surface area contributed by atoms with Crippen LogP contribution >= 0.6 is 0 Å². The van der Waals surface area contributed by atoms with E-state index in [1.807, 2.05) is 0 Å². The molecule has 0 saturated carbocycles. The maximum absolute atomic E-state index is 8.29. The third kappa shape index (κ3) is 2.43. The molecule has 0 aliphatic carbocycles. The summed E-state index contributed by atoms with van der Waals surface area (Å²) in [5.74, 6) is 0.665. The van der Waals surface area contributed by atoms with Crippen LogP contribution < -0.4 is 10.2 Å². The molecule has 0 radical (unpaired) electrons. The van der Waals surface area contributed by atoms with Crippen LogP contribution in [0.15, 0.2) is 24.3 Å². The molecule has 0 aliphatic rings. The van der Waals surface area contributed by atoms with Crippen LogP contribution in [0.25, 0.3) is 0 Å². The van der Waals surface area contributed by atoms with Crippen LogP contribution in [0, 0.1) is 0 Å². The molecule has 70 valence electrons. The molecule has 0 fully saturated rings. The zero-order valence-electron chi connectivity index (χ0n) is 7.01. The fourth-order valence-corrected chi connectivity index (χ4v) is 0.902. The van der Waals surface area contributed by atoms with Gasteiger partial charge in [-0.1, -0.05) is 12.1 Å². The van der Waals surface area contributed by atoms with Crippen molar-refractivity contribution in [2.24, 2.45) is 0 Å². The van der Waals surface area contributed by atoms with E-state index in [0.717, 1.165) is 0 Å². The van der Waals surface area contributed by atoms with Gasteiger partial charge in [-0.3, -0.25) is 20.1 Å². The number of ether oxygens (including phenoxy) is 1. The van der Waals surface area contributed by atoms with Crippen LogP contribution in [0.1, 0.15) is 0 Å². The monoisotopic (exact) mass is 184 g/mol. The summed E-state index contributed by atoms with van der Waals surface area (Å²) in [6.07, 6.45) is 0. The summed E-state index contributed by atoms with van der Waals surface area (Å²) >= 11 is 0. The van der Waals surface area contributed by atoms with Crippen LogP contribution in [0.3, 0.4) is 0 Å². The zero-order valence-corrected chi connectivity index (χ0v) is 7.01. The van der Waals surface area contributed by atoms with Crippen LogP contribution in [0.4, 0.5) is 0 Å². The van der Waals surface area contributed by atoms with E-state index in [0.29, 0.717) is 11.2 Å². The summed E-state index contributed by atoms with van der Waals surface area (Å²) in [6, 6.07) is 6.49.